The number of anilines is 3. The van der Waals surface area contributed by atoms with Crippen LogP contribution in [0.5, 0.6) is 0 Å². The number of thiophene rings is 1. The number of piperazine rings is 1. The van der Waals surface area contributed by atoms with E-state index in [0.29, 0.717) is 23.2 Å². The Morgan fingerprint density at radius 1 is 1.08 bits per heavy atom. The van der Waals surface area contributed by atoms with Gasteiger partial charge in [-0.3, -0.25) is 4.79 Å². The number of carbonyl (C=O) groups excluding carboxylic acids is 1. The summed E-state index contributed by atoms with van der Waals surface area (Å²) < 4.78 is 1.08. The second kappa shape index (κ2) is 10.4. The van der Waals surface area contributed by atoms with Crippen LogP contribution in [0.4, 0.5) is 17.3 Å². The molecular weight excluding hydrogens is 484 g/mol. The lowest BCUT2D eigenvalue weighted by atomic mass is 10.1. The lowest BCUT2D eigenvalue weighted by molar-refractivity contribution is 0.0664. The number of amides is 1. The molecule has 2 aliphatic heterocycles. The molecular formula is C27H30N8OS. The van der Waals surface area contributed by atoms with Gasteiger partial charge in [0.1, 0.15) is 11.6 Å². The number of carbonyl (C=O) groups is 1. The molecule has 1 unspecified atom stereocenters. The summed E-state index contributed by atoms with van der Waals surface area (Å²) in [5.74, 6) is 2.33. The van der Waals surface area contributed by atoms with Crippen molar-refractivity contribution in [1.29, 1.82) is 0 Å². The van der Waals surface area contributed by atoms with Gasteiger partial charge in [-0.05, 0) is 67.9 Å². The molecule has 5 heterocycles. The van der Waals surface area contributed by atoms with E-state index in [0.717, 1.165) is 73.0 Å². The Bertz CT molecular complexity index is 1390. The predicted molar refractivity (Wildman–Crippen MR) is 149 cm³/mol. The highest BCUT2D eigenvalue weighted by Gasteiger charge is 2.21. The van der Waals surface area contributed by atoms with Gasteiger partial charge in [0, 0.05) is 61.8 Å². The molecule has 6 rings (SSSR count). The van der Waals surface area contributed by atoms with Crippen LogP contribution >= 0.6 is 11.3 Å². The lowest BCUT2D eigenvalue weighted by Crippen LogP contribution is -2.47. The fraction of sp³-hybridized carbons (Fsp3) is 0.333. The molecule has 3 N–H and O–H groups in total. The van der Waals surface area contributed by atoms with Crippen LogP contribution < -0.4 is 16.0 Å². The van der Waals surface area contributed by atoms with Gasteiger partial charge in [0.05, 0.1) is 10.2 Å². The average Bonchev–Trinajstić information content (AvgIpc) is 3.62. The van der Waals surface area contributed by atoms with Crippen LogP contribution in [0.1, 0.15) is 16.8 Å². The van der Waals surface area contributed by atoms with E-state index in [1.54, 1.807) is 17.5 Å². The van der Waals surface area contributed by atoms with Crippen molar-refractivity contribution in [2.75, 3.05) is 56.9 Å². The monoisotopic (exact) mass is 514 g/mol. The Morgan fingerprint density at radius 3 is 2.70 bits per heavy atom. The number of aromatic nitrogens is 3. The third kappa shape index (κ3) is 5.27. The standard InChI is InChI=1S/C27H30N8OS/c1-34-11-13-35(14-12-34)27(36)18-2-4-20(5-3-18)30-23-16-19(6-10-29-23)25-32-22-8-15-37-24(22)26(33-25)31-21-7-9-28-17-21/h2-6,8,10,15-16,21,28H,7,9,11-14,17H2,1H3,(H,29,30)(H,31,32,33). The zero-order chi connectivity index (χ0) is 25.2. The summed E-state index contributed by atoms with van der Waals surface area (Å²) in [6.45, 7) is 5.31. The maximum Gasteiger partial charge on any atom is 0.253 e. The zero-order valence-electron chi connectivity index (χ0n) is 20.8. The van der Waals surface area contributed by atoms with Crippen LogP contribution in [0.25, 0.3) is 21.6 Å². The van der Waals surface area contributed by atoms with Crippen molar-refractivity contribution in [3.8, 4) is 11.4 Å². The van der Waals surface area contributed by atoms with Gasteiger partial charge in [-0.2, -0.15) is 0 Å². The molecule has 0 saturated carbocycles. The number of hydrogen-bond acceptors (Lipinski definition) is 9. The van der Waals surface area contributed by atoms with Crippen molar-refractivity contribution >= 4 is 44.8 Å². The minimum absolute atomic E-state index is 0.0820. The third-order valence-corrected chi connectivity index (χ3v) is 7.83. The summed E-state index contributed by atoms with van der Waals surface area (Å²) >= 11 is 1.66. The molecule has 1 aromatic carbocycles. The SMILES string of the molecule is CN1CCN(C(=O)c2ccc(Nc3cc(-c4nc(NC5CCNC5)c5sccc5n4)ccn3)cc2)CC1. The normalized spacial score (nSPS) is 18.3. The zero-order valence-corrected chi connectivity index (χ0v) is 21.6. The van der Waals surface area contributed by atoms with Crippen molar-refractivity contribution in [3.63, 3.8) is 0 Å². The molecule has 1 atom stereocenters. The molecule has 190 valence electrons. The summed E-state index contributed by atoms with van der Waals surface area (Å²) in [7, 11) is 2.09. The molecule has 4 aromatic rings. The van der Waals surface area contributed by atoms with Crippen molar-refractivity contribution in [2.24, 2.45) is 0 Å². The Kier molecular flexibility index (Phi) is 6.69. The number of rotatable bonds is 6. The van der Waals surface area contributed by atoms with Crippen LogP contribution in [0.2, 0.25) is 0 Å². The van der Waals surface area contributed by atoms with E-state index >= 15 is 0 Å². The van der Waals surface area contributed by atoms with Crippen LogP contribution in [0, 0.1) is 0 Å². The molecule has 2 saturated heterocycles. The molecule has 0 aliphatic carbocycles. The summed E-state index contributed by atoms with van der Waals surface area (Å²) in [5.41, 5.74) is 3.40. The van der Waals surface area contributed by atoms with Crippen LogP contribution in [-0.2, 0) is 0 Å². The van der Waals surface area contributed by atoms with E-state index in [1.165, 1.54) is 0 Å². The second-order valence-electron chi connectivity index (χ2n) is 9.59. The quantitative estimate of drug-likeness (QED) is 0.359. The van der Waals surface area contributed by atoms with Crippen molar-refractivity contribution in [3.05, 3.63) is 59.6 Å². The summed E-state index contributed by atoms with van der Waals surface area (Å²) in [6, 6.07) is 13.9. The Labute approximate surface area is 219 Å². The molecule has 10 heteroatoms. The van der Waals surface area contributed by atoms with E-state index in [-0.39, 0.29) is 5.91 Å². The maximum absolute atomic E-state index is 12.8. The van der Waals surface area contributed by atoms with Gasteiger partial charge in [0.2, 0.25) is 0 Å². The topological polar surface area (TPSA) is 98.3 Å². The van der Waals surface area contributed by atoms with Gasteiger partial charge in [-0.1, -0.05) is 0 Å². The van der Waals surface area contributed by atoms with Crippen LogP contribution in [0.3, 0.4) is 0 Å². The van der Waals surface area contributed by atoms with Gasteiger partial charge < -0.3 is 25.8 Å². The molecule has 0 spiro atoms. The highest BCUT2D eigenvalue weighted by Crippen LogP contribution is 2.30. The lowest BCUT2D eigenvalue weighted by Gasteiger charge is -2.32. The molecule has 0 radical (unpaired) electrons. The van der Waals surface area contributed by atoms with Crippen LogP contribution in [0.15, 0.2) is 54.0 Å². The molecule has 9 nitrogen and oxygen atoms in total. The minimum Gasteiger partial charge on any atom is -0.365 e. The number of nitrogens with one attached hydrogen (secondary N) is 3. The highest BCUT2D eigenvalue weighted by atomic mass is 32.1. The maximum atomic E-state index is 12.8. The Morgan fingerprint density at radius 2 is 1.92 bits per heavy atom. The fourth-order valence-corrected chi connectivity index (χ4v) is 5.52. The molecule has 37 heavy (non-hydrogen) atoms. The first-order valence-electron chi connectivity index (χ1n) is 12.7. The predicted octanol–water partition coefficient (Wildman–Crippen LogP) is 3.66. The van der Waals surface area contributed by atoms with Crippen molar-refractivity contribution in [2.45, 2.75) is 12.5 Å². The molecule has 1 amide bonds. The number of likely N-dealkylation sites (N-methyl/N-ethyl adjacent to an activating group) is 1. The van der Waals surface area contributed by atoms with E-state index in [9.17, 15) is 4.79 Å². The summed E-state index contributed by atoms with van der Waals surface area (Å²) in [6.07, 6.45) is 2.84. The second-order valence-corrected chi connectivity index (χ2v) is 10.5. The number of benzene rings is 1. The fourth-order valence-electron chi connectivity index (χ4n) is 4.74. The van der Waals surface area contributed by atoms with Gasteiger partial charge in [0.25, 0.3) is 5.91 Å². The van der Waals surface area contributed by atoms with E-state index in [2.05, 4.69) is 38.3 Å². The first kappa shape index (κ1) is 23.8. The first-order valence-corrected chi connectivity index (χ1v) is 13.5. The van der Waals surface area contributed by atoms with Gasteiger partial charge >= 0.3 is 0 Å². The van der Waals surface area contributed by atoms with E-state index < -0.39 is 0 Å². The summed E-state index contributed by atoms with van der Waals surface area (Å²) in [5, 5.41) is 12.4. The van der Waals surface area contributed by atoms with Gasteiger partial charge in [-0.15, -0.1) is 11.3 Å². The Balaban J connectivity index is 1.19. The van der Waals surface area contributed by atoms with Gasteiger partial charge in [0.15, 0.2) is 5.82 Å². The molecule has 2 fully saturated rings. The minimum atomic E-state index is 0.0820. The average molecular weight is 515 g/mol. The first-order chi connectivity index (χ1) is 18.1. The number of hydrogen-bond donors (Lipinski definition) is 3. The highest BCUT2D eigenvalue weighted by molar-refractivity contribution is 7.17. The third-order valence-electron chi connectivity index (χ3n) is 6.92. The van der Waals surface area contributed by atoms with Gasteiger partial charge in [-0.25, -0.2) is 15.0 Å². The molecule has 2 aliphatic rings. The van der Waals surface area contributed by atoms with Crippen molar-refractivity contribution in [1.82, 2.24) is 30.1 Å². The Hall–Kier alpha value is -3.60. The number of nitrogens with zero attached hydrogens (tertiary/aromatic N) is 5. The number of fused-ring (bicyclic) bond motifs is 1. The molecule has 0 bridgehead atoms. The van der Waals surface area contributed by atoms with E-state index in [1.807, 2.05) is 47.4 Å². The number of pyridine rings is 1. The summed E-state index contributed by atoms with van der Waals surface area (Å²) in [4.78, 5) is 31.2. The van der Waals surface area contributed by atoms with Crippen molar-refractivity contribution < 1.29 is 4.79 Å². The molecule has 3 aromatic heterocycles. The van der Waals surface area contributed by atoms with Crippen LogP contribution in [-0.4, -0.2) is 83.0 Å². The smallest absolute Gasteiger partial charge is 0.253 e. The largest absolute Gasteiger partial charge is 0.365 e. The van der Waals surface area contributed by atoms with E-state index in [4.69, 9.17) is 9.97 Å².